The highest BCUT2D eigenvalue weighted by molar-refractivity contribution is 5.88. The van der Waals surface area contributed by atoms with E-state index in [1.54, 1.807) is 0 Å². The summed E-state index contributed by atoms with van der Waals surface area (Å²) in [6.45, 7) is 0. The first-order valence-corrected chi connectivity index (χ1v) is 3.37. The lowest BCUT2D eigenvalue weighted by atomic mass is 9.96. The highest BCUT2D eigenvalue weighted by Crippen LogP contribution is 2.15. The Balaban J connectivity index is -0.000000529. The second-order valence-electron chi connectivity index (χ2n) is 2.48. The molecule has 0 bridgehead atoms. The number of carboxylic acids is 3. The molecule has 0 rings (SSSR count). The third-order valence-corrected chi connectivity index (χ3v) is 1.29. The summed E-state index contributed by atoms with van der Waals surface area (Å²) in [5, 5.41) is 45.8. The van der Waals surface area contributed by atoms with E-state index in [2.05, 4.69) is 0 Å². The average Bonchev–Trinajstić information content (AvgIpc) is 2.04. The molecule has 10 heteroatoms. The van der Waals surface area contributed by atoms with Gasteiger partial charge in [0, 0.05) is 0 Å². The number of aliphatic hydroxyl groups is 1. The van der Waals surface area contributed by atoms with Gasteiger partial charge in [-0.15, -0.1) is 12.4 Å². The van der Waals surface area contributed by atoms with E-state index in [0.717, 1.165) is 0 Å². The van der Waals surface area contributed by atoms with E-state index in [9.17, 15) is 14.4 Å². The van der Waals surface area contributed by atoms with Crippen molar-refractivity contribution in [2.24, 2.45) is 0 Å². The summed E-state index contributed by atoms with van der Waals surface area (Å²) >= 11 is 0. The third kappa shape index (κ3) is 7.94. The van der Waals surface area contributed by atoms with Gasteiger partial charge in [0.2, 0.25) is 0 Å². The molecule has 0 unspecified atom stereocenters. The Labute approximate surface area is 94.9 Å². The highest BCUT2D eigenvalue weighted by atomic mass is 35.5. The molecule has 0 fully saturated rings. The van der Waals surface area contributed by atoms with Crippen LogP contribution in [0, 0.1) is 0 Å². The Hall–Kier alpha value is -1.42. The second kappa shape index (κ2) is 8.85. The van der Waals surface area contributed by atoms with Crippen molar-refractivity contribution in [1.82, 2.24) is 0 Å². The van der Waals surface area contributed by atoms with E-state index >= 15 is 0 Å². The number of rotatable bonds is 5. The number of hydrogen-bond acceptors (Lipinski definition) is 6. The number of aliphatic carboxylic acids is 3. The molecule has 0 amide bonds. The lowest BCUT2D eigenvalue weighted by Gasteiger charge is -2.18. The normalized spacial score (nSPS) is 9.19. The van der Waals surface area contributed by atoms with E-state index in [0.29, 0.717) is 0 Å². The largest absolute Gasteiger partial charge is 0.481 e. The minimum absolute atomic E-state index is 0. The van der Waals surface area contributed by atoms with E-state index in [4.69, 9.17) is 30.9 Å². The quantitative estimate of drug-likeness (QED) is 0.273. The molecule has 0 aliphatic carbocycles. The van der Waals surface area contributed by atoms with Gasteiger partial charge < -0.3 is 20.4 Å². The van der Waals surface area contributed by atoms with Crippen LogP contribution in [0.5, 0.6) is 0 Å². The van der Waals surface area contributed by atoms with Crippen molar-refractivity contribution < 1.29 is 45.3 Å². The molecule has 0 saturated heterocycles. The van der Waals surface area contributed by atoms with Crippen LogP contribution in [0.25, 0.3) is 0 Å². The molecule has 0 aromatic rings. The molecule has 0 atom stereocenters. The van der Waals surface area contributed by atoms with Gasteiger partial charge in [-0.2, -0.15) is 0 Å². The van der Waals surface area contributed by atoms with Gasteiger partial charge >= 0.3 is 17.9 Å². The fourth-order valence-corrected chi connectivity index (χ4v) is 0.714. The van der Waals surface area contributed by atoms with E-state index in [1.165, 1.54) is 0 Å². The van der Waals surface area contributed by atoms with Crippen molar-refractivity contribution in [3.05, 3.63) is 0 Å². The van der Waals surface area contributed by atoms with Gasteiger partial charge in [0.15, 0.2) is 5.60 Å². The van der Waals surface area contributed by atoms with E-state index in [-0.39, 0.29) is 12.4 Å². The molecular weight excluding hydrogens is 252 g/mol. The van der Waals surface area contributed by atoms with Crippen LogP contribution in [0.15, 0.2) is 0 Å². The molecule has 96 valence electrons. The minimum atomic E-state index is -2.74. The van der Waals surface area contributed by atoms with Gasteiger partial charge in [-0.25, -0.2) is 4.79 Å². The van der Waals surface area contributed by atoms with Gasteiger partial charge in [-0.05, 0) is 0 Å². The Morgan fingerprint density at radius 1 is 0.875 bits per heavy atom. The summed E-state index contributed by atoms with van der Waals surface area (Å²) < 4.78 is 0. The average molecular weight is 263 g/mol. The predicted octanol–water partition coefficient (Wildman–Crippen LogP) is -0.809. The highest BCUT2D eigenvalue weighted by Gasteiger charge is 2.40. The van der Waals surface area contributed by atoms with Crippen LogP contribution in [-0.2, 0) is 14.4 Å². The zero-order chi connectivity index (χ0) is 12.6. The summed E-state index contributed by atoms with van der Waals surface area (Å²) in [5.74, 6) is -5.02. The lowest BCUT2D eigenvalue weighted by Crippen LogP contribution is -2.42. The van der Waals surface area contributed by atoms with Crippen molar-refractivity contribution in [2.75, 3.05) is 0 Å². The molecule has 0 aromatic heterocycles. The standard InChI is InChI=1S/C6H8O7.ClH.H2O2/c7-3(8)1-6(13,5(11)12)2-4(9)10;;1-2/h13H,1-2H2,(H,7,8)(H,9,10)(H,11,12);1H;1-2H. The lowest BCUT2D eigenvalue weighted by molar-refractivity contribution is -0.176. The predicted molar refractivity (Wildman–Crippen MR) is 49.6 cm³/mol. The van der Waals surface area contributed by atoms with E-state index in [1.807, 2.05) is 0 Å². The maximum absolute atomic E-state index is 10.3. The zero-order valence-electron chi connectivity index (χ0n) is 7.73. The van der Waals surface area contributed by atoms with Crippen molar-refractivity contribution in [1.29, 1.82) is 0 Å². The second-order valence-corrected chi connectivity index (χ2v) is 2.48. The summed E-state index contributed by atoms with van der Waals surface area (Å²) in [6.07, 6.45) is -2.29. The van der Waals surface area contributed by atoms with Crippen LogP contribution < -0.4 is 0 Å². The summed E-state index contributed by atoms with van der Waals surface area (Å²) in [5.41, 5.74) is -2.74. The van der Waals surface area contributed by atoms with E-state index < -0.39 is 36.4 Å². The molecule has 9 nitrogen and oxygen atoms in total. The Morgan fingerprint density at radius 2 is 1.12 bits per heavy atom. The molecule has 0 radical (unpaired) electrons. The van der Waals surface area contributed by atoms with Crippen LogP contribution in [0.1, 0.15) is 12.8 Å². The van der Waals surface area contributed by atoms with Gasteiger partial charge in [-0.1, -0.05) is 0 Å². The SMILES string of the molecule is Cl.O=C(O)CC(O)(CC(=O)O)C(=O)O.OO. The first-order valence-electron chi connectivity index (χ1n) is 3.37. The maximum atomic E-state index is 10.3. The van der Waals surface area contributed by atoms with Crippen LogP contribution in [0.3, 0.4) is 0 Å². The third-order valence-electron chi connectivity index (χ3n) is 1.29. The van der Waals surface area contributed by atoms with Gasteiger partial charge in [0.1, 0.15) is 0 Å². The van der Waals surface area contributed by atoms with Crippen LogP contribution in [0.2, 0.25) is 0 Å². The smallest absolute Gasteiger partial charge is 0.336 e. The fourth-order valence-electron chi connectivity index (χ4n) is 0.714. The van der Waals surface area contributed by atoms with Crippen LogP contribution in [-0.4, -0.2) is 54.4 Å². The first-order chi connectivity index (χ1) is 6.78. The maximum Gasteiger partial charge on any atom is 0.336 e. The number of carboxylic acid groups (broad SMARTS) is 3. The molecule has 0 saturated carbocycles. The fraction of sp³-hybridized carbons (Fsp3) is 0.500. The molecule has 6 N–H and O–H groups in total. The van der Waals surface area contributed by atoms with Crippen molar-refractivity contribution >= 4 is 30.3 Å². The van der Waals surface area contributed by atoms with Crippen molar-refractivity contribution in [2.45, 2.75) is 18.4 Å². The van der Waals surface area contributed by atoms with Gasteiger partial charge in [0.25, 0.3) is 0 Å². The summed E-state index contributed by atoms with van der Waals surface area (Å²) in [6, 6.07) is 0. The molecule has 0 heterocycles. The molecule has 0 aliphatic heterocycles. The number of hydrogen-bond donors (Lipinski definition) is 6. The topological polar surface area (TPSA) is 173 Å². The summed E-state index contributed by atoms with van der Waals surface area (Å²) in [7, 11) is 0. The Kier molecular flexibility index (Phi) is 11.1. The van der Waals surface area contributed by atoms with Crippen molar-refractivity contribution in [3.63, 3.8) is 0 Å². The Bertz CT molecular complexity index is 234. The van der Waals surface area contributed by atoms with Gasteiger partial charge in [0.05, 0.1) is 12.8 Å². The molecular formula is C6H11ClO9. The molecule has 16 heavy (non-hydrogen) atoms. The van der Waals surface area contributed by atoms with Gasteiger partial charge in [-0.3, -0.25) is 20.1 Å². The monoisotopic (exact) mass is 262 g/mol. The van der Waals surface area contributed by atoms with Crippen molar-refractivity contribution in [3.8, 4) is 0 Å². The summed E-state index contributed by atoms with van der Waals surface area (Å²) in [4.78, 5) is 30.5. The number of carbonyl (C=O) groups is 3. The molecule has 0 aromatic carbocycles. The zero-order valence-corrected chi connectivity index (χ0v) is 8.55. The molecule has 0 spiro atoms. The molecule has 0 aliphatic rings. The number of halogens is 1. The Morgan fingerprint density at radius 3 is 1.25 bits per heavy atom. The minimum Gasteiger partial charge on any atom is -0.481 e. The first kappa shape index (κ1) is 20.1. The van der Waals surface area contributed by atoms with Crippen LogP contribution in [0.4, 0.5) is 0 Å². The van der Waals surface area contributed by atoms with Crippen LogP contribution >= 0.6 is 12.4 Å².